The van der Waals surface area contributed by atoms with E-state index in [1.165, 1.54) is 30.7 Å². The van der Waals surface area contributed by atoms with Gasteiger partial charge in [0.15, 0.2) is 0 Å². The molecule has 0 saturated heterocycles. The fourth-order valence-corrected chi connectivity index (χ4v) is 7.12. The van der Waals surface area contributed by atoms with Crippen molar-refractivity contribution in [1.29, 1.82) is 5.26 Å². The summed E-state index contributed by atoms with van der Waals surface area (Å²) >= 11 is 0. The van der Waals surface area contributed by atoms with E-state index in [0.717, 1.165) is 40.1 Å². The van der Waals surface area contributed by atoms with Gasteiger partial charge in [-0.2, -0.15) is 5.26 Å². The third-order valence-corrected chi connectivity index (χ3v) is 10.4. The molecule has 0 N–H and O–H groups in total. The Morgan fingerprint density at radius 1 is 0.500 bits per heavy atom. The second kappa shape index (κ2) is 17.0. The maximum absolute atomic E-state index is 9.62. The van der Waals surface area contributed by atoms with Gasteiger partial charge in [-0.3, -0.25) is 15.0 Å². The summed E-state index contributed by atoms with van der Waals surface area (Å²) in [6, 6.07) is 38.6. The van der Waals surface area contributed by atoms with Gasteiger partial charge in [-0.05, 0) is 140 Å². The molecule has 5 aromatic carbocycles. The first-order chi connectivity index (χ1) is 33.9. The minimum absolute atomic E-state index is 0.137. The quantitative estimate of drug-likeness (QED) is 0.123. The van der Waals surface area contributed by atoms with Gasteiger partial charge in [0.2, 0.25) is 0 Å². The van der Waals surface area contributed by atoms with Crippen molar-refractivity contribution in [2.75, 3.05) is 0 Å². The van der Waals surface area contributed by atoms with Crippen LogP contribution in [-0.2, 0) is 38.2 Å². The summed E-state index contributed by atoms with van der Waals surface area (Å²) in [6.07, 6.45) is -14.4. The SMILES string of the molecule is [2H]C([2H])(c1ccc(-c2cccc3c2oc2c(C)c(C#N)ccc23)nc1)C([2H])([2H])c1cc(C([2H])([2H])C([2H])([2H])c2cnc(-c3ccccc3)cc2C)cc(C([2H])([2H])C([2H])([2H])c2cnc(-c3ccccc3)cc2C)c1. The molecule has 0 unspecified atom stereocenters. The van der Waals surface area contributed by atoms with Crippen LogP contribution in [0, 0.1) is 32.1 Å². The van der Waals surface area contributed by atoms with Gasteiger partial charge < -0.3 is 4.42 Å². The van der Waals surface area contributed by atoms with Gasteiger partial charge >= 0.3 is 0 Å². The normalized spacial score (nSPS) is 15.7. The van der Waals surface area contributed by atoms with Crippen molar-refractivity contribution in [2.24, 2.45) is 0 Å². The van der Waals surface area contributed by atoms with E-state index in [1.54, 1.807) is 45.0 Å². The molecule has 0 aliphatic carbocycles. The maximum atomic E-state index is 9.62. The lowest BCUT2D eigenvalue weighted by Crippen LogP contribution is -2.02. The summed E-state index contributed by atoms with van der Waals surface area (Å²) in [4.78, 5) is 13.5. The van der Waals surface area contributed by atoms with Crippen LogP contribution >= 0.6 is 0 Å². The highest BCUT2D eigenvalue weighted by atomic mass is 16.3. The highest BCUT2D eigenvalue weighted by Gasteiger charge is 2.16. The molecule has 0 amide bonds. The van der Waals surface area contributed by atoms with Crippen LogP contribution in [0.5, 0.6) is 0 Å². The zero-order valence-electron chi connectivity index (χ0n) is 45.1. The average Bonchev–Trinajstić information content (AvgIpc) is 3.76. The zero-order chi connectivity index (χ0) is 51.8. The molecule has 0 bridgehead atoms. The van der Waals surface area contributed by atoms with Crippen LogP contribution in [0.25, 0.3) is 55.7 Å². The van der Waals surface area contributed by atoms with Crippen LogP contribution in [0.2, 0.25) is 0 Å². The molecule has 0 spiro atoms. The number of furan rings is 1. The van der Waals surface area contributed by atoms with Crippen LogP contribution in [-0.4, -0.2) is 15.0 Å². The lowest BCUT2D eigenvalue weighted by Gasteiger charge is -2.13. The van der Waals surface area contributed by atoms with Crippen LogP contribution in [0.15, 0.2) is 156 Å². The lowest BCUT2D eigenvalue weighted by molar-refractivity contribution is 0.666. The number of benzene rings is 5. The molecule has 0 aliphatic rings. The highest BCUT2D eigenvalue weighted by molar-refractivity contribution is 6.10. The summed E-state index contributed by atoms with van der Waals surface area (Å²) in [5.74, 6) is 0. The van der Waals surface area contributed by atoms with E-state index >= 15 is 0 Å². The summed E-state index contributed by atoms with van der Waals surface area (Å²) in [7, 11) is 0. The number of hydrogen-bond donors (Lipinski definition) is 0. The number of aromatic nitrogens is 3. The molecule has 5 nitrogen and oxygen atoms in total. The number of fused-ring (bicyclic) bond motifs is 3. The van der Waals surface area contributed by atoms with Gasteiger partial charge in [-0.1, -0.05) is 97.1 Å². The van der Waals surface area contributed by atoms with E-state index in [2.05, 4.69) is 21.0 Å². The molecule has 60 heavy (non-hydrogen) atoms. The number of nitrogens with zero attached hydrogens (tertiary/aromatic N) is 4. The fraction of sp³-hybridized carbons (Fsp3) is 0.164. The van der Waals surface area contributed by atoms with Gasteiger partial charge in [0.05, 0.1) is 28.7 Å². The molecule has 0 aliphatic heterocycles. The van der Waals surface area contributed by atoms with Crippen LogP contribution in [0.1, 0.15) is 72.1 Å². The number of para-hydroxylation sites is 1. The maximum Gasteiger partial charge on any atom is 0.144 e. The molecule has 4 aromatic heterocycles. The van der Waals surface area contributed by atoms with Gasteiger partial charge in [-0.15, -0.1) is 0 Å². The van der Waals surface area contributed by atoms with Crippen LogP contribution in [0.3, 0.4) is 0 Å². The Morgan fingerprint density at radius 3 is 1.57 bits per heavy atom. The van der Waals surface area contributed by atoms with E-state index < -0.39 is 54.9 Å². The predicted octanol–water partition coefficient (Wildman–Crippen LogP) is 12.9. The van der Waals surface area contributed by atoms with Crippen molar-refractivity contribution in [1.82, 2.24) is 15.0 Å². The first kappa shape index (κ1) is 26.8. The van der Waals surface area contributed by atoms with E-state index in [-0.39, 0.29) is 16.7 Å². The van der Waals surface area contributed by atoms with Gasteiger partial charge in [0.25, 0.3) is 0 Å². The third kappa shape index (κ3) is 8.10. The Kier molecular flexibility index (Phi) is 7.57. The van der Waals surface area contributed by atoms with Crippen molar-refractivity contribution in [3.05, 3.63) is 208 Å². The van der Waals surface area contributed by atoms with Crippen LogP contribution < -0.4 is 0 Å². The summed E-state index contributed by atoms with van der Waals surface area (Å²) < 4.78 is 120. The van der Waals surface area contributed by atoms with E-state index in [4.69, 9.17) is 4.42 Å². The molecule has 5 heteroatoms. The predicted molar refractivity (Wildman–Crippen MR) is 244 cm³/mol. The van der Waals surface area contributed by atoms with E-state index in [0.29, 0.717) is 56.1 Å². The smallest absolute Gasteiger partial charge is 0.144 e. The van der Waals surface area contributed by atoms with E-state index in [1.807, 2.05) is 78.9 Å². The summed E-state index contributed by atoms with van der Waals surface area (Å²) in [5, 5.41) is 11.2. The average molecular weight is 791 g/mol. The Bertz CT molecular complexity index is 3460. The molecule has 4 heterocycles. The van der Waals surface area contributed by atoms with Crippen molar-refractivity contribution in [2.45, 2.75) is 59.0 Å². The molecule has 9 rings (SSSR count). The third-order valence-electron chi connectivity index (χ3n) is 10.4. The molecule has 0 atom stereocenters. The van der Waals surface area contributed by atoms with Gasteiger partial charge in [0, 0.05) is 68.1 Å². The number of aryl methyl sites for hydroxylation is 9. The summed E-state index contributed by atoms with van der Waals surface area (Å²) in [6.45, 7) is 5.02. The van der Waals surface area contributed by atoms with Crippen molar-refractivity contribution < 1.29 is 20.9 Å². The van der Waals surface area contributed by atoms with Gasteiger partial charge in [0.1, 0.15) is 11.2 Å². The second-order valence-corrected chi connectivity index (χ2v) is 14.5. The van der Waals surface area contributed by atoms with Gasteiger partial charge in [-0.25, -0.2) is 0 Å². The van der Waals surface area contributed by atoms with Crippen molar-refractivity contribution >= 4 is 21.9 Å². The largest absolute Gasteiger partial charge is 0.455 e. The van der Waals surface area contributed by atoms with Crippen molar-refractivity contribution in [3.63, 3.8) is 0 Å². The number of nitriles is 1. The first-order valence-corrected chi connectivity index (χ1v) is 19.5. The first-order valence-electron chi connectivity index (χ1n) is 25.5. The Balaban J connectivity index is 1.15. The molecule has 9 aromatic rings. The molecule has 0 saturated carbocycles. The Labute approximate surface area is 368 Å². The van der Waals surface area contributed by atoms with Crippen LogP contribution in [0.4, 0.5) is 0 Å². The highest BCUT2D eigenvalue weighted by Crippen LogP contribution is 2.37. The zero-order valence-corrected chi connectivity index (χ0v) is 33.1. The van der Waals surface area contributed by atoms with Crippen molar-refractivity contribution in [3.8, 4) is 39.8 Å². The number of pyridine rings is 3. The minimum atomic E-state index is -3.12. The Hall–Kier alpha value is -7.16. The topological polar surface area (TPSA) is 75.6 Å². The second-order valence-electron chi connectivity index (χ2n) is 14.5. The molecule has 0 fully saturated rings. The fourth-order valence-electron chi connectivity index (χ4n) is 7.12. The Morgan fingerprint density at radius 2 is 1.03 bits per heavy atom. The number of rotatable bonds is 12. The number of hydrogen-bond acceptors (Lipinski definition) is 5. The summed E-state index contributed by atoms with van der Waals surface area (Å²) in [5.41, 5.74) is 4.11. The molecule has 292 valence electrons. The molecule has 0 radical (unpaired) electrons. The minimum Gasteiger partial charge on any atom is -0.455 e. The molecular formula is C55H46N4O. The monoisotopic (exact) mass is 790 g/mol. The molecular weight excluding hydrogens is 733 g/mol. The standard InChI is InChI=1S/C55H46N4O/c1-36-27-52(43-11-6-4-7-12-43)58-34-46(36)22-19-41-29-40(30-42(31-41)20-23-47-35-59-53(28-37(47)2)44-13-8-5-9-14-44)18-17-39-21-26-51(57-33-39)50-16-10-15-48-49-25-24-45(32-56)38(3)54(49)60-55(48)50/h4-16,21,24-31,33-35H,17-20,22-23H2,1-3H3/i17D2,18D2,19D2,20D2,22D2,23D2. The lowest BCUT2D eigenvalue weighted by atomic mass is 9.93. The van der Waals surface area contributed by atoms with E-state index in [9.17, 15) is 21.7 Å².